The molecule has 1 nitrogen and oxygen atoms in total. The number of hydrogen-bond acceptors (Lipinski definition) is 1. The number of halogens is 2. The minimum atomic E-state index is 0.137. The summed E-state index contributed by atoms with van der Waals surface area (Å²) in [6.07, 6.45) is 10.0. The summed E-state index contributed by atoms with van der Waals surface area (Å²) in [6.45, 7) is 0. The third-order valence-electron chi connectivity index (χ3n) is 3.14. The molecular weight excluding hydrogens is 265 g/mol. The Morgan fingerprint density at radius 3 is 2.56 bits per heavy atom. The summed E-state index contributed by atoms with van der Waals surface area (Å²) >= 11 is 12.0. The number of nitriles is 1. The molecule has 1 atom stereocenters. The van der Waals surface area contributed by atoms with Gasteiger partial charge in [-0.25, -0.2) is 0 Å². The van der Waals surface area contributed by atoms with Crippen LogP contribution in [0.2, 0.25) is 10.0 Å². The molecule has 1 aliphatic rings. The van der Waals surface area contributed by atoms with Crippen molar-refractivity contribution in [3.63, 3.8) is 0 Å². The smallest absolute Gasteiger partial charge is 0.0628 e. The molecule has 0 saturated heterocycles. The van der Waals surface area contributed by atoms with Crippen LogP contribution >= 0.6 is 23.2 Å². The summed E-state index contributed by atoms with van der Waals surface area (Å²) in [5.41, 5.74) is 1.06. The number of hydrogen-bond donors (Lipinski definition) is 0. The fourth-order valence-corrected chi connectivity index (χ4v) is 2.51. The van der Waals surface area contributed by atoms with Crippen molar-refractivity contribution in [3.05, 3.63) is 58.1 Å². The van der Waals surface area contributed by atoms with Crippen LogP contribution in [0, 0.1) is 17.2 Å². The molecule has 0 N–H and O–H groups in total. The predicted molar refractivity (Wildman–Crippen MR) is 75.8 cm³/mol. The zero-order valence-electron chi connectivity index (χ0n) is 9.81. The molecule has 0 fully saturated rings. The Morgan fingerprint density at radius 1 is 1.22 bits per heavy atom. The topological polar surface area (TPSA) is 23.8 Å². The molecule has 0 amide bonds. The average Bonchev–Trinajstić information content (AvgIpc) is 2.40. The zero-order valence-corrected chi connectivity index (χ0v) is 11.3. The van der Waals surface area contributed by atoms with Crippen LogP contribution in [-0.4, -0.2) is 0 Å². The number of allylic oxidation sites excluding steroid dienone is 4. The van der Waals surface area contributed by atoms with Gasteiger partial charge in [-0.2, -0.15) is 5.26 Å². The van der Waals surface area contributed by atoms with Gasteiger partial charge in [0.2, 0.25) is 0 Å². The first-order valence-corrected chi connectivity index (χ1v) is 6.63. The number of benzene rings is 1. The Morgan fingerprint density at radius 2 is 1.94 bits per heavy atom. The molecule has 1 aromatic rings. The van der Waals surface area contributed by atoms with Crippen molar-refractivity contribution in [2.75, 3.05) is 0 Å². The molecule has 0 unspecified atom stereocenters. The van der Waals surface area contributed by atoms with E-state index in [1.54, 1.807) is 6.07 Å². The van der Waals surface area contributed by atoms with E-state index in [2.05, 4.69) is 30.4 Å². The Kier molecular flexibility index (Phi) is 4.47. The van der Waals surface area contributed by atoms with Gasteiger partial charge in [0, 0.05) is 18.3 Å². The van der Waals surface area contributed by atoms with Crippen molar-refractivity contribution < 1.29 is 0 Å². The maximum atomic E-state index is 9.00. The molecule has 0 saturated carbocycles. The van der Waals surface area contributed by atoms with Gasteiger partial charge < -0.3 is 0 Å². The fourth-order valence-electron chi connectivity index (χ4n) is 2.20. The van der Waals surface area contributed by atoms with Gasteiger partial charge in [-0.3, -0.25) is 0 Å². The highest BCUT2D eigenvalue weighted by atomic mass is 35.5. The van der Waals surface area contributed by atoms with Crippen LogP contribution in [0.25, 0.3) is 0 Å². The van der Waals surface area contributed by atoms with Gasteiger partial charge in [-0.05, 0) is 24.1 Å². The largest absolute Gasteiger partial charge is 0.198 e. The zero-order chi connectivity index (χ0) is 13.0. The second kappa shape index (κ2) is 6.09. The summed E-state index contributed by atoms with van der Waals surface area (Å²) in [5, 5.41) is 10.1. The molecule has 18 heavy (non-hydrogen) atoms. The molecular formula is C15H13Cl2N. The van der Waals surface area contributed by atoms with Crippen molar-refractivity contribution in [2.24, 2.45) is 5.92 Å². The van der Waals surface area contributed by atoms with Crippen LogP contribution < -0.4 is 0 Å². The third kappa shape index (κ3) is 2.96. The molecule has 92 valence electrons. The lowest BCUT2D eigenvalue weighted by molar-refractivity contribution is 0.599. The SMILES string of the molecule is N#CC[C@@H](c1ccc(Cl)c(Cl)c1)C1C=CCC=C1. The summed E-state index contributed by atoms with van der Waals surface area (Å²) in [5.74, 6) is 0.396. The van der Waals surface area contributed by atoms with Crippen LogP contribution in [0.5, 0.6) is 0 Å². The van der Waals surface area contributed by atoms with Crippen molar-refractivity contribution in [1.82, 2.24) is 0 Å². The number of rotatable bonds is 3. The van der Waals surface area contributed by atoms with Gasteiger partial charge in [0.1, 0.15) is 0 Å². The maximum absolute atomic E-state index is 9.00. The third-order valence-corrected chi connectivity index (χ3v) is 3.88. The van der Waals surface area contributed by atoms with Gasteiger partial charge in [0.15, 0.2) is 0 Å². The summed E-state index contributed by atoms with van der Waals surface area (Å²) in [7, 11) is 0. The quantitative estimate of drug-likeness (QED) is 0.704. The fraction of sp³-hybridized carbons (Fsp3) is 0.267. The molecule has 0 heterocycles. The van der Waals surface area contributed by atoms with E-state index < -0.39 is 0 Å². The maximum Gasteiger partial charge on any atom is 0.0628 e. The lowest BCUT2D eigenvalue weighted by Crippen LogP contribution is -2.10. The molecule has 1 aromatic carbocycles. The van der Waals surface area contributed by atoms with E-state index in [-0.39, 0.29) is 11.8 Å². The van der Waals surface area contributed by atoms with E-state index in [4.69, 9.17) is 28.5 Å². The minimum Gasteiger partial charge on any atom is -0.198 e. The minimum absolute atomic E-state index is 0.137. The lowest BCUT2D eigenvalue weighted by Gasteiger charge is -2.22. The van der Waals surface area contributed by atoms with E-state index in [1.807, 2.05) is 12.1 Å². The number of nitrogens with zero attached hydrogens (tertiary/aromatic N) is 1. The van der Waals surface area contributed by atoms with Crippen molar-refractivity contribution in [1.29, 1.82) is 5.26 Å². The first-order valence-electron chi connectivity index (χ1n) is 5.87. The highest BCUT2D eigenvalue weighted by molar-refractivity contribution is 6.42. The molecule has 0 spiro atoms. The molecule has 3 heteroatoms. The van der Waals surface area contributed by atoms with Crippen molar-refractivity contribution in [3.8, 4) is 6.07 Å². The average molecular weight is 278 g/mol. The van der Waals surface area contributed by atoms with Crippen LogP contribution in [-0.2, 0) is 0 Å². The van der Waals surface area contributed by atoms with Gasteiger partial charge in [0.05, 0.1) is 16.1 Å². The van der Waals surface area contributed by atoms with Crippen LogP contribution in [0.3, 0.4) is 0 Å². The summed E-state index contributed by atoms with van der Waals surface area (Å²) in [4.78, 5) is 0. The van der Waals surface area contributed by atoms with Gasteiger partial charge in [0.25, 0.3) is 0 Å². The monoisotopic (exact) mass is 277 g/mol. The highest BCUT2D eigenvalue weighted by Crippen LogP contribution is 2.34. The predicted octanol–water partition coefficient (Wildman–Crippen LogP) is 5.12. The second-order valence-electron chi connectivity index (χ2n) is 4.31. The van der Waals surface area contributed by atoms with E-state index in [0.717, 1.165) is 12.0 Å². The van der Waals surface area contributed by atoms with E-state index >= 15 is 0 Å². The van der Waals surface area contributed by atoms with Crippen LogP contribution in [0.15, 0.2) is 42.5 Å². The highest BCUT2D eigenvalue weighted by Gasteiger charge is 2.20. The Balaban J connectivity index is 2.32. The molecule has 0 bridgehead atoms. The molecule has 0 aromatic heterocycles. The van der Waals surface area contributed by atoms with Gasteiger partial charge in [-0.15, -0.1) is 0 Å². The van der Waals surface area contributed by atoms with Crippen molar-refractivity contribution >= 4 is 23.2 Å². The van der Waals surface area contributed by atoms with E-state index in [9.17, 15) is 0 Å². The van der Waals surface area contributed by atoms with E-state index in [0.29, 0.717) is 16.5 Å². The first kappa shape index (κ1) is 13.2. The standard InChI is InChI=1S/C15H13Cl2N/c16-14-7-6-12(10-15(14)17)13(8-9-18)11-4-2-1-3-5-11/h2-7,10-11,13H,1,8H2/t13-/m1/s1. The molecule has 2 rings (SSSR count). The normalized spacial score (nSPS) is 16.5. The van der Waals surface area contributed by atoms with E-state index in [1.165, 1.54) is 0 Å². The molecule has 0 radical (unpaired) electrons. The van der Waals surface area contributed by atoms with Gasteiger partial charge in [-0.1, -0.05) is 53.6 Å². The molecule has 1 aliphatic carbocycles. The Bertz CT molecular complexity index is 514. The van der Waals surface area contributed by atoms with Crippen LogP contribution in [0.4, 0.5) is 0 Å². The Labute approximate surface area is 117 Å². The molecule has 0 aliphatic heterocycles. The van der Waals surface area contributed by atoms with Crippen molar-refractivity contribution in [2.45, 2.75) is 18.8 Å². The Hall–Kier alpha value is -1.23. The van der Waals surface area contributed by atoms with Gasteiger partial charge >= 0.3 is 0 Å². The first-order chi connectivity index (χ1) is 8.72. The second-order valence-corrected chi connectivity index (χ2v) is 5.13. The summed E-state index contributed by atoms with van der Waals surface area (Å²) < 4.78 is 0. The lowest BCUT2D eigenvalue weighted by atomic mass is 9.82. The van der Waals surface area contributed by atoms with Crippen LogP contribution in [0.1, 0.15) is 24.3 Å². The summed E-state index contributed by atoms with van der Waals surface area (Å²) in [6, 6.07) is 7.86.